The number of nitrogens with zero attached hydrogens (tertiary/aromatic N) is 2. The van der Waals surface area contributed by atoms with E-state index in [4.69, 9.17) is 5.73 Å². The topological polar surface area (TPSA) is 110 Å². The molecule has 0 atom stereocenters. The molecule has 0 aromatic carbocycles. The lowest BCUT2D eigenvalue weighted by Gasteiger charge is -2.05. The van der Waals surface area contributed by atoms with Gasteiger partial charge in [-0.1, -0.05) is 6.92 Å². The second-order valence-corrected chi connectivity index (χ2v) is 3.38. The summed E-state index contributed by atoms with van der Waals surface area (Å²) in [4.78, 5) is 22.7. The molecule has 1 aromatic heterocycles. The van der Waals surface area contributed by atoms with Crippen LogP contribution in [-0.4, -0.2) is 35.1 Å². The quantitative estimate of drug-likeness (QED) is 0.628. The third-order valence-electron chi connectivity index (χ3n) is 1.90. The van der Waals surface area contributed by atoms with Crippen LogP contribution in [0.5, 0.6) is 0 Å². The largest absolute Gasteiger partial charge is 0.382 e. The Morgan fingerprint density at radius 3 is 2.65 bits per heavy atom. The maximum Gasteiger partial charge on any atom is 0.272 e. The average molecular weight is 237 g/mol. The molecule has 0 unspecified atom stereocenters. The van der Waals surface area contributed by atoms with Crippen molar-refractivity contribution in [2.24, 2.45) is 0 Å². The molecule has 0 aliphatic carbocycles. The molecule has 7 heteroatoms. The summed E-state index contributed by atoms with van der Waals surface area (Å²) in [5.41, 5.74) is 5.46. The fraction of sp³-hybridized carbons (Fsp3) is 0.400. The third-order valence-corrected chi connectivity index (χ3v) is 1.90. The lowest BCUT2D eigenvalue weighted by atomic mass is 10.3. The van der Waals surface area contributed by atoms with E-state index < -0.39 is 5.91 Å². The molecule has 0 bridgehead atoms. The summed E-state index contributed by atoms with van der Waals surface area (Å²) >= 11 is 0. The molecular formula is C10H15N5O2. The van der Waals surface area contributed by atoms with Crippen LogP contribution in [0.15, 0.2) is 12.1 Å². The van der Waals surface area contributed by atoms with Crippen LogP contribution in [0, 0.1) is 0 Å². The summed E-state index contributed by atoms with van der Waals surface area (Å²) in [5, 5.41) is 12.2. The van der Waals surface area contributed by atoms with E-state index in [2.05, 4.69) is 20.8 Å². The van der Waals surface area contributed by atoms with E-state index in [0.29, 0.717) is 6.54 Å². The van der Waals surface area contributed by atoms with Gasteiger partial charge in [0.15, 0.2) is 5.69 Å². The van der Waals surface area contributed by atoms with Gasteiger partial charge in [-0.25, -0.2) is 0 Å². The number of nitrogen functional groups attached to an aromatic ring is 1. The van der Waals surface area contributed by atoms with E-state index in [1.807, 2.05) is 6.92 Å². The normalized spacial score (nSPS) is 9.71. The molecule has 2 amide bonds. The van der Waals surface area contributed by atoms with Gasteiger partial charge in [0.2, 0.25) is 5.91 Å². The molecule has 0 saturated carbocycles. The molecule has 1 heterocycles. The Hall–Kier alpha value is -2.18. The molecule has 17 heavy (non-hydrogen) atoms. The highest BCUT2D eigenvalue weighted by Gasteiger charge is 2.09. The molecule has 4 N–H and O–H groups in total. The zero-order valence-electron chi connectivity index (χ0n) is 9.56. The highest BCUT2D eigenvalue weighted by Crippen LogP contribution is 1.96. The fourth-order valence-corrected chi connectivity index (χ4v) is 1.04. The van der Waals surface area contributed by atoms with Gasteiger partial charge in [0.1, 0.15) is 5.82 Å². The van der Waals surface area contributed by atoms with Gasteiger partial charge in [-0.2, -0.15) is 0 Å². The van der Waals surface area contributed by atoms with Crippen molar-refractivity contribution in [3.05, 3.63) is 17.8 Å². The predicted octanol–water partition coefficient (Wildman–Crippen LogP) is -0.685. The Kier molecular flexibility index (Phi) is 4.86. The summed E-state index contributed by atoms with van der Waals surface area (Å²) in [6, 6.07) is 2.92. The minimum absolute atomic E-state index is 0.0785. The third kappa shape index (κ3) is 4.45. The van der Waals surface area contributed by atoms with Gasteiger partial charge in [0.25, 0.3) is 5.91 Å². The van der Waals surface area contributed by atoms with E-state index in [-0.39, 0.29) is 24.0 Å². The Labute approximate surface area is 98.8 Å². The SMILES string of the molecule is CCCNC(=O)CNC(=O)c1ccc(N)nn1. The fourth-order valence-electron chi connectivity index (χ4n) is 1.04. The molecule has 1 rings (SSSR count). The van der Waals surface area contributed by atoms with E-state index in [9.17, 15) is 9.59 Å². The number of hydrogen-bond donors (Lipinski definition) is 3. The molecule has 92 valence electrons. The number of anilines is 1. The van der Waals surface area contributed by atoms with Crippen LogP contribution in [-0.2, 0) is 4.79 Å². The highest BCUT2D eigenvalue weighted by molar-refractivity contribution is 5.94. The molecule has 0 fully saturated rings. The molecule has 0 spiro atoms. The average Bonchev–Trinajstić information content (AvgIpc) is 2.34. The van der Waals surface area contributed by atoms with E-state index in [0.717, 1.165) is 6.42 Å². The Morgan fingerprint density at radius 1 is 1.29 bits per heavy atom. The first-order valence-electron chi connectivity index (χ1n) is 5.27. The maximum atomic E-state index is 11.5. The summed E-state index contributed by atoms with van der Waals surface area (Å²) in [6.07, 6.45) is 0.850. The van der Waals surface area contributed by atoms with Gasteiger partial charge in [-0.15, -0.1) is 10.2 Å². The zero-order chi connectivity index (χ0) is 12.7. The van der Waals surface area contributed by atoms with Crippen LogP contribution in [0.3, 0.4) is 0 Å². The second-order valence-electron chi connectivity index (χ2n) is 3.38. The van der Waals surface area contributed by atoms with Crippen molar-refractivity contribution in [1.29, 1.82) is 0 Å². The van der Waals surface area contributed by atoms with Crippen molar-refractivity contribution < 1.29 is 9.59 Å². The lowest BCUT2D eigenvalue weighted by Crippen LogP contribution is -2.37. The summed E-state index contributed by atoms with van der Waals surface area (Å²) in [7, 11) is 0. The molecule has 0 aliphatic heterocycles. The number of rotatable bonds is 5. The van der Waals surface area contributed by atoms with E-state index >= 15 is 0 Å². The molecule has 0 saturated heterocycles. The Bertz CT molecular complexity index is 390. The number of nitrogens with one attached hydrogen (secondary N) is 2. The van der Waals surface area contributed by atoms with Crippen molar-refractivity contribution in [2.75, 3.05) is 18.8 Å². The number of hydrogen-bond acceptors (Lipinski definition) is 5. The maximum absolute atomic E-state index is 11.5. The van der Waals surface area contributed by atoms with Crippen LogP contribution >= 0.6 is 0 Å². The van der Waals surface area contributed by atoms with Gasteiger partial charge in [0.05, 0.1) is 6.54 Å². The summed E-state index contributed by atoms with van der Waals surface area (Å²) in [5.74, 6) is -0.449. The molecule has 7 nitrogen and oxygen atoms in total. The number of nitrogens with two attached hydrogens (primary N) is 1. The van der Waals surface area contributed by atoms with Crippen LogP contribution in [0.25, 0.3) is 0 Å². The van der Waals surface area contributed by atoms with Gasteiger partial charge in [0, 0.05) is 6.54 Å². The van der Waals surface area contributed by atoms with Crippen LogP contribution < -0.4 is 16.4 Å². The van der Waals surface area contributed by atoms with Crippen molar-refractivity contribution in [1.82, 2.24) is 20.8 Å². The van der Waals surface area contributed by atoms with Crippen molar-refractivity contribution in [2.45, 2.75) is 13.3 Å². The Morgan fingerprint density at radius 2 is 2.06 bits per heavy atom. The first-order valence-corrected chi connectivity index (χ1v) is 5.27. The lowest BCUT2D eigenvalue weighted by molar-refractivity contribution is -0.120. The second kappa shape index (κ2) is 6.41. The first kappa shape index (κ1) is 12.9. The molecule has 1 aromatic rings. The first-order chi connectivity index (χ1) is 8.13. The van der Waals surface area contributed by atoms with Gasteiger partial charge >= 0.3 is 0 Å². The summed E-state index contributed by atoms with van der Waals surface area (Å²) in [6.45, 7) is 2.46. The van der Waals surface area contributed by atoms with Crippen LogP contribution in [0.4, 0.5) is 5.82 Å². The van der Waals surface area contributed by atoms with Gasteiger partial charge < -0.3 is 16.4 Å². The van der Waals surface area contributed by atoms with Crippen LogP contribution in [0.1, 0.15) is 23.8 Å². The van der Waals surface area contributed by atoms with E-state index in [1.165, 1.54) is 12.1 Å². The zero-order valence-corrected chi connectivity index (χ0v) is 9.56. The van der Waals surface area contributed by atoms with E-state index in [1.54, 1.807) is 0 Å². The number of carbonyl (C=O) groups is 2. The minimum atomic E-state index is -0.454. The van der Waals surface area contributed by atoms with Gasteiger partial charge in [-0.05, 0) is 18.6 Å². The van der Waals surface area contributed by atoms with Gasteiger partial charge in [-0.3, -0.25) is 9.59 Å². The van der Waals surface area contributed by atoms with Crippen molar-refractivity contribution >= 4 is 17.6 Å². The number of aromatic nitrogens is 2. The predicted molar refractivity (Wildman–Crippen MR) is 62.1 cm³/mol. The smallest absolute Gasteiger partial charge is 0.272 e. The minimum Gasteiger partial charge on any atom is -0.382 e. The van der Waals surface area contributed by atoms with Crippen LogP contribution in [0.2, 0.25) is 0 Å². The van der Waals surface area contributed by atoms with Crippen molar-refractivity contribution in [3.8, 4) is 0 Å². The monoisotopic (exact) mass is 237 g/mol. The Balaban J connectivity index is 2.39. The highest BCUT2D eigenvalue weighted by atomic mass is 16.2. The molecule has 0 aliphatic rings. The summed E-state index contributed by atoms with van der Waals surface area (Å²) < 4.78 is 0. The number of amides is 2. The molecule has 0 radical (unpaired) electrons. The standard InChI is InChI=1S/C10H15N5O2/c1-2-5-12-9(16)6-13-10(17)7-3-4-8(11)15-14-7/h3-4H,2,5-6H2,1H3,(H2,11,15)(H,12,16)(H,13,17). The number of carbonyl (C=O) groups excluding carboxylic acids is 2. The van der Waals surface area contributed by atoms with Crippen molar-refractivity contribution in [3.63, 3.8) is 0 Å². The molecular weight excluding hydrogens is 222 g/mol.